The summed E-state index contributed by atoms with van der Waals surface area (Å²) in [4.78, 5) is 37.0. The van der Waals surface area contributed by atoms with Crippen molar-refractivity contribution in [3.63, 3.8) is 0 Å². The van der Waals surface area contributed by atoms with Gasteiger partial charge in [0, 0.05) is 18.8 Å². The Hall–Kier alpha value is -1.24. The molecule has 0 aromatic heterocycles. The number of thiol groups is 1. The number of Topliss-reactive ketones (excluding diaryl/α,β-unsaturated/α-hetero) is 1. The van der Waals surface area contributed by atoms with E-state index in [4.69, 9.17) is 9.84 Å². The van der Waals surface area contributed by atoms with E-state index in [0.29, 0.717) is 31.7 Å². The molecular weight excluding hydrogens is 318 g/mol. The van der Waals surface area contributed by atoms with E-state index in [-0.39, 0.29) is 5.78 Å². The van der Waals surface area contributed by atoms with Gasteiger partial charge in [0.05, 0.1) is 5.92 Å². The SMILES string of the molecule is CC(=O)C(C)(C[SH]1(C)(C)CC1)OC(=O)N1CCC(C(=O)O)CC1. The molecule has 2 fully saturated rings. The van der Waals surface area contributed by atoms with Crippen LogP contribution in [-0.4, -0.2) is 76.3 Å². The monoisotopic (exact) mass is 347 g/mol. The molecule has 0 radical (unpaired) electrons. The van der Waals surface area contributed by atoms with E-state index in [9.17, 15) is 14.4 Å². The van der Waals surface area contributed by atoms with Crippen molar-refractivity contribution in [2.24, 2.45) is 5.92 Å². The number of amides is 1. The van der Waals surface area contributed by atoms with Crippen LogP contribution in [0, 0.1) is 5.92 Å². The number of aliphatic carboxylic acids is 1. The van der Waals surface area contributed by atoms with Gasteiger partial charge < -0.3 is 14.7 Å². The first-order chi connectivity index (χ1) is 10.4. The van der Waals surface area contributed by atoms with Crippen LogP contribution >= 0.6 is 9.16 Å². The smallest absolute Gasteiger partial charge is 0.410 e. The highest BCUT2D eigenvalue weighted by Crippen LogP contribution is 2.76. The van der Waals surface area contributed by atoms with E-state index < -0.39 is 32.7 Å². The van der Waals surface area contributed by atoms with Gasteiger partial charge in [-0.3, -0.25) is 18.8 Å². The van der Waals surface area contributed by atoms with E-state index in [1.807, 2.05) is 0 Å². The number of likely N-dealkylation sites (tertiary alicyclic amines) is 1. The Balaban J connectivity index is 1.99. The van der Waals surface area contributed by atoms with Gasteiger partial charge in [-0.25, -0.2) is 4.79 Å². The Labute approximate surface area is 137 Å². The summed E-state index contributed by atoms with van der Waals surface area (Å²) >= 11 is 0. The van der Waals surface area contributed by atoms with Gasteiger partial charge in [0.15, 0.2) is 11.4 Å². The van der Waals surface area contributed by atoms with Crippen LogP contribution < -0.4 is 0 Å². The number of carbonyl (C=O) groups excluding carboxylic acids is 2. The van der Waals surface area contributed by atoms with Crippen molar-refractivity contribution in [1.29, 1.82) is 0 Å². The van der Waals surface area contributed by atoms with E-state index in [1.165, 1.54) is 11.8 Å². The number of carboxylic acids is 1. The second kappa shape index (κ2) is 5.69. The van der Waals surface area contributed by atoms with Crippen molar-refractivity contribution in [1.82, 2.24) is 4.90 Å². The topological polar surface area (TPSA) is 83.9 Å². The summed E-state index contributed by atoms with van der Waals surface area (Å²) in [5, 5.41) is 9.01. The maximum Gasteiger partial charge on any atom is 0.410 e. The molecular formula is C16H29NO5S. The number of carbonyl (C=O) groups is 3. The molecule has 0 saturated carbocycles. The van der Waals surface area contributed by atoms with E-state index >= 15 is 0 Å². The number of nitrogens with zero attached hydrogens (tertiary/aromatic N) is 1. The minimum absolute atomic E-state index is 0.120. The van der Waals surface area contributed by atoms with Gasteiger partial charge in [-0.2, -0.15) is 0 Å². The number of hydrogen-bond donors (Lipinski definition) is 2. The molecule has 2 aliphatic heterocycles. The summed E-state index contributed by atoms with van der Waals surface area (Å²) in [6, 6.07) is 0. The third kappa shape index (κ3) is 4.19. The molecule has 23 heavy (non-hydrogen) atoms. The number of rotatable bonds is 5. The van der Waals surface area contributed by atoms with Gasteiger partial charge in [0.1, 0.15) is 0 Å². The molecule has 0 spiro atoms. The number of ether oxygens (including phenoxy) is 1. The Morgan fingerprint density at radius 1 is 1.22 bits per heavy atom. The fraction of sp³-hybridized carbons (Fsp3) is 0.812. The van der Waals surface area contributed by atoms with E-state index in [2.05, 4.69) is 12.5 Å². The molecule has 0 aromatic carbocycles. The first-order valence-electron chi connectivity index (χ1n) is 8.15. The normalized spacial score (nSPS) is 27.1. The maximum atomic E-state index is 12.4. The van der Waals surface area contributed by atoms with Crippen LogP contribution in [0.25, 0.3) is 0 Å². The minimum Gasteiger partial charge on any atom is -0.481 e. The first kappa shape index (κ1) is 18.1. The van der Waals surface area contributed by atoms with Crippen LogP contribution in [0.2, 0.25) is 0 Å². The summed E-state index contributed by atoms with van der Waals surface area (Å²) < 4.78 is 5.64. The largest absolute Gasteiger partial charge is 0.481 e. The van der Waals surface area contributed by atoms with Crippen molar-refractivity contribution in [2.75, 3.05) is 42.9 Å². The molecule has 1 unspecified atom stereocenters. The predicted molar refractivity (Wildman–Crippen MR) is 92.9 cm³/mol. The number of hydrogen-bond acceptors (Lipinski definition) is 4. The Morgan fingerprint density at radius 3 is 2.13 bits per heavy atom. The average Bonchev–Trinajstić information content (AvgIpc) is 3.08. The molecule has 0 bridgehead atoms. The minimum atomic E-state index is -1.81. The number of piperidine rings is 1. The van der Waals surface area contributed by atoms with Crippen molar-refractivity contribution in [3.05, 3.63) is 0 Å². The predicted octanol–water partition coefficient (Wildman–Crippen LogP) is 1.61. The highest BCUT2D eigenvalue weighted by Gasteiger charge is 2.52. The number of carboxylic acid groups (broad SMARTS) is 1. The lowest BCUT2D eigenvalue weighted by atomic mass is 9.97. The van der Waals surface area contributed by atoms with Gasteiger partial charge in [0.2, 0.25) is 0 Å². The highest BCUT2D eigenvalue weighted by molar-refractivity contribution is 8.53. The molecule has 1 N–H and O–H groups in total. The van der Waals surface area contributed by atoms with Crippen LogP contribution in [0.4, 0.5) is 4.79 Å². The lowest BCUT2D eigenvalue weighted by molar-refractivity contribution is -0.143. The third-order valence-corrected chi connectivity index (χ3v) is 9.99. The summed E-state index contributed by atoms with van der Waals surface area (Å²) in [5.41, 5.74) is -1.07. The summed E-state index contributed by atoms with van der Waals surface area (Å²) in [6.07, 6.45) is 4.87. The van der Waals surface area contributed by atoms with Gasteiger partial charge >= 0.3 is 12.1 Å². The molecule has 2 saturated heterocycles. The number of ketones is 1. The van der Waals surface area contributed by atoms with Crippen molar-refractivity contribution in [3.8, 4) is 0 Å². The standard InChI is InChI=1S/C16H29NO5S/c1-12(18)16(2,11-23(3,4)9-10-23)22-15(21)17-7-5-13(6-8-17)14(19)20/h13,23H,5-11H2,1-4H3,(H,19,20). The zero-order valence-corrected chi connectivity index (χ0v) is 15.4. The first-order valence-corrected chi connectivity index (χ1v) is 11.8. The van der Waals surface area contributed by atoms with Crippen LogP contribution in [0.5, 0.6) is 0 Å². The van der Waals surface area contributed by atoms with E-state index in [1.54, 1.807) is 6.92 Å². The molecule has 0 aromatic rings. The summed E-state index contributed by atoms with van der Waals surface area (Å²) in [5.74, 6) is 1.62. The zero-order valence-electron chi connectivity index (χ0n) is 14.5. The zero-order chi connectivity index (χ0) is 17.5. The molecule has 1 amide bonds. The van der Waals surface area contributed by atoms with E-state index in [0.717, 1.165) is 11.5 Å². The van der Waals surface area contributed by atoms with Crippen LogP contribution in [-0.2, 0) is 14.3 Å². The highest BCUT2D eigenvalue weighted by atomic mass is 32.3. The molecule has 7 heteroatoms. The molecule has 0 aliphatic carbocycles. The fourth-order valence-corrected chi connectivity index (χ4v) is 8.07. The lowest BCUT2D eigenvalue weighted by Gasteiger charge is -2.43. The van der Waals surface area contributed by atoms with Gasteiger partial charge in [-0.1, -0.05) is 0 Å². The third-order valence-electron chi connectivity index (χ3n) is 5.44. The van der Waals surface area contributed by atoms with Gasteiger partial charge in [-0.05, 0) is 50.7 Å². The van der Waals surface area contributed by atoms with Crippen LogP contribution in [0.1, 0.15) is 26.7 Å². The maximum absolute atomic E-state index is 12.4. The molecule has 1 atom stereocenters. The fourth-order valence-electron chi connectivity index (χ4n) is 3.24. The second-order valence-electron chi connectivity index (χ2n) is 8.38. The van der Waals surface area contributed by atoms with Crippen molar-refractivity contribution in [2.45, 2.75) is 32.3 Å². The molecule has 134 valence electrons. The average molecular weight is 347 g/mol. The second-order valence-corrected chi connectivity index (χ2v) is 15.6. The van der Waals surface area contributed by atoms with Crippen molar-refractivity contribution >= 4 is 27.0 Å². The Bertz CT molecular complexity index is 531. The summed E-state index contributed by atoms with van der Waals surface area (Å²) in [7, 11) is -1.81. The molecule has 2 rings (SSSR count). The summed E-state index contributed by atoms with van der Waals surface area (Å²) in [6.45, 7) is 3.93. The molecule has 2 heterocycles. The Morgan fingerprint density at radius 2 is 1.74 bits per heavy atom. The van der Waals surface area contributed by atoms with Crippen LogP contribution in [0.3, 0.4) is 0 Å². The van der Waals surface area contributed by atoms with Crippen LogP contribution in [0.15, 0.2) is 0 Å². The van der Waals surface area contributed by atoms with Gasteiger partial charge in [0.25, 0.3) is 0 Å². The quantitative estimate of drug-likeness (QED) is 0.583. The lowest BCUT2D eigenvalue weighted by Crippen LogP contribution is -2.49. The van der Waals surface area contributed by atoms with Gasteiger partial charge in [-0.15, -0.1) is 0 Å². The van der Waals surface area contributed by atoms with Crippen molar-refractivity contribution < 1.29 is 24.2 Å². The molecule has 2 aliphatic rings. The molecule has 6 nitrogen and oxygen atoms in total. The Kier molecular flexibility index (Phi) is 4.47.